The van der Waals surface area contributed by atoms with Crippen molar-refractivity contribution in [2.24, 2.45) is 0 Å². The molecule has 0 aromatic heterocycles. The SMILES string of the molecule is C=CCC/C=C(/O)S. The number of aliphatic hydroxyl groups excluding tert-OH is 1. The molecular formula is C6H10OS. The van der Waals surface area contributed by atoms with Gasteiger partial charge in [-0.1, -0.05) is 6.08 Å². The summed E-state index contributed by atoms with van der Waals surface area (Å²) in [6.07, 6.45) is 5.15. The van der Waals surface area contributed by atoms with Crippen LogP contribution in [-0.2, 0) is 0 Å². The van der Waals surface area contributed by atoms with E-state index < -0.39 is 0 Å². The summed E-state index contributed by atoms with van der Waals surface area (Å²) >= 11 is 3.65. The van der Waals surface area contributed by atoms with Crippen molar-refractivity contribution in [2.75, 3.05) is 0 Å². The molecule has 0 aliphatic heterocycles. The molecule has 1 N–H and O–H groups in total. The van der Waals surface area contributed by atoms with E-state index in [2.05, 4.69) is 19.2 Å². The fraction of sp³-hybridized carbons (Fsp3) is 0.333. The van der Waals surface area contributed by atoms with Crippen molar-refractivity contribution in [3.8, 4) is 0 Å². The van der Waals surface area contributed by atoms with E-state index in [-0.39, 0.29) is 5.09 Å². The molecule has 0 aromatic rings. The lowest BCUT2D eigenvalue weighted by atomic mass is 10.3. The summed E-state index contributed by atoms with van der Waals surface area (Å²) in [5, 5.41) is 8.56. The number of allylic oxidation sites excluding steroid dienone is 2. The van der Waals surface area contributed by atoms with Crippen LogP contribution in [0.15, 0.2) is 23.8 Å². The molecule has 0 rings (SSSR count). The maximum absolute atomic E-state index is 8.47. The van der Waals surface area contributed by atoms with Crippen molar-refractivity contribution in [3.05, 3.63) is 23.8 Å². The summed E-state index contributed by atoms with van der Waals surface area (Å²) in [4.78, 5) is 0. The molecule has 8 heavy (non-hydrogen) atoms. The lowest BCUT2D eigenvalue weighted by Gasteiger charge is -1.85. The molecule has 0 amide bonds. The van der Waals surface area contributed by atoms with E-state index in [1.54, 1.807) is 12.2 Å². The Kier molecular flexibility index (Phi) is 4.56. The maximum atomic E-state index is 8.47. The smallest absolute Gasteiger partial charge is 0.142 e. The second kappa shape index (κ2) is 4.78. The summed E-state index contributed by atoms with van der Waals surface area (Å²) in [6.45, 7) is 3.52. The van der Waals surface area contributed by atoms with Gasteiger partial charge in [-0.05, 0) is 18.9 Å². The Morgan fingerprint density at radius 2 is 2.25 bits per heavy atom. The average molecular weight is 130 g/mol. The van der Waals surface area contributed by atoms with Gasteiger partial charge >= 0.3 is 0 Å². The number of thiol groups is 1. The van der Waals surface area contributed by atoms with Crippen LogP contribution in [0.3, 0.4) is 0 Å². The summed E-state index contributed by atoms with van der Waals surface area (Å²) < 4.78 is 0. The van der Waals surface area contributed by atoms with Crippen molar-refractivity contribution in [1.82, 2.24) is 0 Å². The van der Waals surface area contributed by atoms with E-state index in [4.69, 9.17) is 5.11 Å². The predicted molar refractivity (Wildman–Crippen MR) is 39.1 cm³/mol. The fourth-order valence-electron chi connectivity index (χ4n) is 0.330. The first-order chi connectivity index (χ1) is 3.77. The van der Waals surface area contributed by atoms with Gasteiger partial charge in [-0.15, -0.1) is 19.2 Å². The first-order valence-corrected chi connectivity index (χ1v) is 2.91. The number of hydrogen-bond acceptors (Lipinski definition) is 2. The van der Waals surface area contributed by atoms with Crippen LogP contribution in [0.2, 0.25) is 0 Å². The van der Waals surface area contributed by atoms with Crippen molar-refractivity contribution in [2.45, 2.75) is 12.8 Å². The van der Waals surface area contributed by atoms with Gasteiger partial charge in [0.1, 0.15) is 5.09 Å². The molecule has 0 fully saturated rings. The van der Waals surface area contributed by atoms with Gasteiger partial charge in [0, 0.05) is 0 Å². The third-order valence-electron chi connectivity index (χ3n) is 0.698. The van der Waals surface area contributed by atoms with E-state index in [9.17, 15) is 0 Å². The zero-order valence-corrected chi connectivity index (χ0v) is 5.56. The van der Waals surface area contributed by atoms with E-state index in [0.29, 0.717) is 0 Å². The molecule has 1 nitrogen and oxygen atoms in total. The Bertz CT molecular complexity index is 92.7. The highest BCUT2D eigenvalue weighted by molar-refractivity contribution is 7.84. The fourth-order valence-corrected chi connectivity index (χ4v) is 0.459. The van der Waals surface area contributed by atoms with E-state index in [1.807, 2.05) is 0 Å². The summed E-state index contributed by atoms with van der Waals surface area (Å²) in [5.41, 5.74) is 0. The summed E-state index contributed by atoms with van der Waals surface area (Å²) in [7, 11) is 0. The van der Waals surface area contributed by atoms with Crippen molar-refractivity contribution < 1.29 is 5.11 Å². The molecule has 0 unspecified atom stereocenters. The molecule has 0 aliphatic carbocycles. The normalized spacial score (nSPS) is 11.4. The Morgan fingerprint density at radius 1 is 1.62 bits per heavy atom. The molecular weight excluding hydrogens is 120 g/mol. The van der Waals surface area contributed by atoms with Crippen molar-refractivity contribution in [1.29, 1.82) is 0 Å². The molecule has 0 aliphatic rings. The topological polar surface area (TPSA) is 20.2 Å². The van der Waals surface area contributed by atoms with Crippen molar-refractivity contribution >= 4 is 12.6 Å². The Hall–Kier alpha value is -0.370. The van der Waals surface area contributed by atoms with Gasteiger partial charge in [0.05, 0.1) is 0 Å². The number of rotatable bonds is 3. The van der Waals surface area contributed by atoms with Crippen LogP contribution in [0.4, 0.5) is 0 Å². The highest BCUT2D eigenvalue weighted by atomic mass is 32.1. The van der Waals surface area contributed by atoms with Crippen LogP contribution in [0, 0.1) is 0 Å². The van der Waals surface area contributed by atoms with Gasteiger partial charge in [-0.2, -0.15) is 0 Å². The molecule has 0 heterocycles. The standard InChI is InChI=1S/C6H10OS/c1-2-3-4-5-6(7)8/h2,5,7-8H,1,3-4H2/b6-5-. The Labute approximate surface area is 55.1 Å². The van der Waals surface area contributed by atoms with Crippen LogP contribution in [0.1, 0.15) is 12.8 Å². The highest BCUT2D eigenvalue weighted by Gasteiger charge is 1.78. The van der Waals surface area contributed by atoms with Crippen molar-refractivity contribution in [3.63, 3.8) is 0 Å². The minimum atomic E-state index is 0.0897. The van der Waals surface area contributed by atoms with E-state index >= 15 is 0 Å². The van der Waals surface area contributed by atoms with Crippen LogP contribution in [0.5, 0.6) is 0 Å². The zero-order chi connectivity index (χ0) is 6.41. The number of hydrogen-bond donors (Lipinski definition) is 2. The second-order valence-corrected chi connectivity index (χ2v) is 1.89. The van der Waals surface area contributed by atoms with Gasteiger partial charge in [0.2, 0.25) is 0 Å². The van der Waals surface area contributed by atoms with Crippen LogP contribution >= 0.6 is 12.6 Å². The molecule has 0 radical (unpaired) electrons. The molecule has 0 aromatic carbocycles. The van der Waals surface area contributed by atoms with Crippen LogP contribution in [0.25, 0.3) is 0 Å². The first kappa shape index (κ1) is 7.63. The van der Waals surface area contributed by atoms with Gasteiger partial charge in [0.15, 0.2) is 0 Å². The second-order valence-electron chi connectivity index (χ2n) is 1.43. The van der Waals surface area contributed by atoms with E-state index in [1.165, 1.54) is 0 Å². The molecule has 0 spiro atoms. The Morgan fingerprint density at radius 3 is 2.62 bits per heavy atom. The van der Waals surface area contributed by atoms with Gasteiger partial charge in [-0.3, -0.25) is 0 Å². The molecule has 0 atom stereocenters. The van der Waals surface area contributed by atoms with Gasteiger partial charge in [0.25, 0.3) is 0 Å². The third-order valence-corrected chi connectivity index (χ3v) is 0.880. The minimum Gasteiger partial charge on any atom is -0.503 e. The number of unbranched alkanes of at least 4 members (excludes halogenated alkanes) is 1. The van der Waals surface area contributed by atoms with E-state index in [0.717, 1.165) is 12.8 Å². The third kappa shape index (κ3) is 5.63. The zero-order valence-electron chi connectivity index (χ0n) is 4.67. The maximum Gasteiger partial charge on any atom is 0.142 e. The predicted octanol–water partition coefficient (Wildman–Crippen LogP) is 2.28. The minimum absolute atomic E-state index is 0.0897. The first-order valence-electron chi connectivity index (χ1n) is 2.46. The molecule has 0 saturated carbocycles. The molecule has 46 valence electrons. The van der Waals surface area contributed by atoms with Crippen LogP contribution < -0.4 is 0 Å². The molecule has 0 saturated heterocycles. The molecule has 2 heteroatoms. The molecule has 0 bridgehead atoms. The summed E-state index contributed by atoms with van der Waals surface area (Å²) in [6, 6.07) is 0. The number of aliphatic hydroxyl groups is 1. The van der Waals surface area contributed by atoms with Gasteiger partial charge in [-0.25, -0.2) is 0 Å². The summed E-state index contributed by atoms with van der Waals surface area (Å²) in [5.74, 6) is 0. The average Bonchev–Trinajstić information content (AvgIpc) is 1.66. The van der Waals surface area contributed by atoms with Gasteiger partial charge < -0.3 is 5.11 Å². The quantitative estimate of drug-likeness (QED) is 0.260. The lowest BCUT2D eigenvalue weighted by molar-refractivity contribution is 0.455. The highest BCUT2D eigenvalue weighted by Crippen LogP contribution is 1.98. The van der Waals surface area contributed by atoms with Crippen LogP contribution in [-0.4, -0.2) is 5.11 Å². The Balaban J connectivity index is 3.15. The monoisotopic (exact) mass is 130 g/mol. The largest absolute Gasteiger partial charge is 0.503 e. The lowest BCUT2D eigenvalue weighted by Crippen LogP contribution is -1.66.